The van der Waals surface area contributed by atoms with Gasteiger partial charge in [-0.1, -0.05) is 0 Å². The van der Waals surface area contributed by atoms with Gasteiger partial charge in [0.2, 0.25) is 0 Å². The van der Waals surface area contributed by atoms with E-state index in [1.807, 2.05) is 36.2 Å². The summed E-state index contributed by atoms with van der Waals surface area (Å²) in [4.78, 5) is 30.1. The van der Waals surface area contributed by atoms with Crippen molar-refractivity contribution in [1.29, 1.82) is 0 Å². The molecule has 0 bridgehead atoms. The predicted octanol–water partition coefficient (Wildman–Crippen LogP) is 2.77. The Morgan fingerprint density at radius 1 is 1.03 bits per heavy atom. The normalized spacial score (nSPS) is 12.8. The summed E-state index contributed by atoms with van der Waals surface area (Å²) in [6, 6.07) is 9.15. The van der Waals surface area contributed by atoms with Crippen molar-refractivity contribution in [3.8, 4) is 22.9 Å². The van der Waals surface area contributed by atoms with E-state index >= 15 is 0 Å². The van der Waals surface area contributed by atoms with E-state index in [4.69, 9.17) is 23.9 Å². The third-order valence-corrected chi connectivity index (χ3v) is 5.67. The van der Waals surface area contributed by atoms with Crippen LogP contribution in [0.15, 0.2) is 42.7 Å². The summed E-state index contributed by atoms with van der Waals surface area (Å²) >= 11 is 0. The van der Waals surface area contributed by atoms with Crippen molar-refractivity contribution in [2.75, 3.05) is 51.8 Å². The number of carbonyl (C=O) groups excluding carboxylic acids is 1. The third kappa shape index (κ3) is 4.50. The van der Waals surface area contributed by atoms with Gasteiger partial charge in [-0.3, -0.25) is 9.78 Å². The second kappa shape index (κ2) is 10.0. The molecule has 3 aromatic rings. The highest BCUT2D eigenvalue weighted by molar-refractivity contribution is 6.09. The number of ether oxygens (including phenoxy) is 4. The fraction of sp³-hybridized carbons (Fsp3) is 0.333. The number of aromatic nitrogens is 3. The first-order valence-electron chi connectivity index (χ1n) is 10.6. The molecule has 0 atom stereocenters. The van der Waals surface area contributed by atoms with Crippen LogP contribution in [-0.2, 0) is 16.0 Å². The van der Waals surface area contributed by atoms with Gasteiger partial charge in [0.1, 0.15) is 5.82 Å². The molecule has 0 aromatic carbocycles. The van der Waals surface area contributed by atoms with Crippen LogP contribution in [0.3, 0.4) is 0 Å². The van der Waals surface area contributed by atoms with Crippen LogP contribution in [0.25, 0.3) is 11.3 Å². The second-order valence-corrected chi connectivity index (χ2v) is 7.67. The Kier molecular flexibility index (Phi) is 6.90. The summed E-state index contributed by atoms with van der Waals surface area (Å²) < 4.78 is 21.0. The van der Waals surface area contributed by atoms with Gasteiger partial charge in [-0.2, -0.15) is 0 Å². The quantitative estimate of drug-likeness (QED) is 0.442. The lowest BCUT2D eigenvalue weighted by Gasteiger charge is -2.23. The van der Waals surface area contributed by atoms with E-state index in [-0.39, 0.29) is 12.2 Å². The molecular formula is C24H27N5O5. The molecule has 10 heteroatoms. The van der Waals surface area contributed by atoms with Gasteiger partial charge in [0.05, 0.1) is 56.1 Å². The lowest BCUT2D eigenvalue weighted by atomic mass is 10.1. The minimum Gasteiger partial charge on any atom is -0.491 e. The molecule has 34 heavy (non-hydrogen) atoms. The maximum atomic E-state index is 13.0. The molecule has 1 aliphatic heterocycles. The monoisotopic (exact) mass is 465 g/mol. The van der Waals surface area contributed by atoms with Crippen LogP contribution in [0, 0.1) is 0 Å². The van der Waals surface area contributed by atoms with Gasteiger partial charge in [0.15, 0.2) is 12.0 Å². The molecule has 1 amide bonds. The first kappa shape index (κ1) is 23.4. The smallest absolute Gasteiger partial charge is 0.260 e. The molecule has 4 rings (SSSR count). The first-order valence-corrected chi connectivity index (χ1v) is 10.6. The van der Waals surface area contributed by atoms with Gasteiger partial charge in [0.25, 0.3) is 11.8 Å². The highest BCUT2D eigenvalue weighted by Gasteiger charge is 2.30. The highest BCUT2D eigenvalue weighted by Crippen LogP contribution is 2.32. The van der Waals surface area contributed by atoms with Crippen molar-refractivity contribution in [1.82, 2.24) is 15.0 Å². The van der Waals surface area contributed by atoms with Crippen LogP contribution in [0.4, 0.5) is 11.5 Å². The van der Waals surface area contributed by atoms with Crippen LogP contribution in [0.5, 0.6) is 11.6 Å². The molecule has 10 nitrogen and oxygen atoms in total. The number of anilines is 2. The number of methoxy groups -OCH3 is 4. The zero-order valence-corrected chi connectivity index (χ0v) is 19.8. The van der Waals surface area contributed by atoms with E-state index in [0.717, 1.165) is 11.4 Å². The molecule has 0 saturated carbocycles. The molecule has 1 aliphatic rings. The predicted molar refractivity (Wildman–Crippen MR) is 126 cm³/mol. The maximum Gasteiger partial charge on any atom is 0.260 e. The topological polar surface area (TPSA) is 99.1 Å². The molecule has 0 spiro atoms. The number of hydrogen-bond acceptors (Lipinski definition) is 9. The lowest BCUT2D eigenvalue weighted by Crippen LogP contribution is -2.32. The fourth-order valence-corrected chi connectivity index (χ4v) is 3.75. The number of rotatable bonds is 9. The van der Waals surface area contributed by atoms with Gasteiger partial charge in [-0.25, -0.2) is 9.97 Å². The zero-order chi connectivity index (χ0) is 24.2. The summed E-state index contributed by atoms with van der Waals surface area (Å²) in [5, 5.41) is 0. The van der Waals surface area contributed by atoms with Crippen molar-refractivity contribution >= 4 is 17.4 Å². The molecule has 0 radical (unpaired) electrons. The zero-order valence-electron chi connectivity index (χ0n) is 19.8. The number of nitrogens with zero attached hydrogens (tertiary/aromatic N) is 5. The Hall–Kier alpha value is -3.76. The van der Waals surface area contributed by atoms with Crippen LogP contribution in [0.2, 0.25) is 0 Å². The number of likely N-dealkylation sites (N-methyl/N-ethyl adjacent to an activating group) is 1. The summed E-state index contributed by atoms with van der Waals surface area (Å²) in [6.45, 7) is 0.875. The molecule has 0 unspecified atom stereocenters. The first-order chi connectivity index (χ1) is 16.5. The van der Waals surface area contributed by atoms with Crippen molar-refractivity contribution in [2.24, 2.45) is 0 Å². The number of amides is 1. The van der Waals surface area contributed by atoms with E-state index in [1.54, 1.807) is 44.7 Å². The van der Waals surface area contributed by atoms with Crippen molar-refractivity contribution in [2.45, 2.75) is 12.8 Å². The van der Waals surface area contributed by atoms with Gasteiger partial charge < -0.3 is 28.7 Å². The minimum atomic E-state index is -0.359. The van der Waals surface area contributed by atoms with Crippen LogP contribution in [0.1, 0.15) is 16.1 Å². The van der Waals surface area contributed by atoms with Gasteiger partial charge in [-0.05, 0) is 30.3 Å². The largest absolute Gasteiger partial charge is 0.491 e. The Labute approximate surface area is 198 Å². The van der Waals surface area contributed by atoms with Gasteiger partial charge in [-0.15, -0.1) is 0 Å². The highest BCUT2D eigenvalue weighted by atomic mass is 16.7. The molecule has 0 fully saturated rings. The SMILES string of the molecule is COc1cc(-c2ccc3c(n2)CN(c2ccc(N(C)CC(OC)OC)nc2)C3=O)cnc1OC. The lowest BCUT2D eigenvalue weighted by molar-refractivity contribution is -0.0944. The van der Waals surface area contributed by atoms with Crippen LogP contribution < -0.4 is 19.3 Å². The molecular weight excluding hydrogens is 438 g/mol. The molecule has 0 aliphatic carbocycles. The summed E-state index contributed by atoms with van der Waals surface area (Å²) in [5.41, 5.74) is 3.43. The average Bonchev–Trinajstić information content (AvgIpc) is 3.22. The Morgan fingerprint density at radius 3 is 2.47 bits per heavy atom. The third-order valence-electron chi connectivity index (χ3n) is 5.67. The van der Waals surface area contributed by atoms with Gasteiger partial charge >= 0.3 is 0 Å². The summed E-state index contributed by atoms with van der Waals surface area (Å²) in [7, 11) is 8.18. The van der Waals surface area contributed by atoms with E-state index in [1.165, 1.54) is 7.11 Å². The Balaban J connectivity index is 1.53. The van der Waals surface area contributed by atoms with Crippen LogP contribution in [-0.4, -0.2) is 69.2 Å². The van der Waals surface area contributed by atoms with Crippen LogP contribution >= 0.6 is 0 Å². The fourth-order valence-electron chi connectivity index (χ4n) is 3.75. The van der Waals surface area contributed by atoms with E-state index in [2.05, 4.69) is 9.97 Å². The van der Waals surface area contributed by atoms with Crippen molar-refractivity contribution in [3.63, 3.8) is 0 Å². The summed E-state index contributed by atoms with van der Waals surface area (Å²) in [5.74, 6) is 1.54. The number of hydrogen-bond donors (Lipinski definition) is 0. The Morgan fingerprint density at radius 2 is 1.82 bits per heavy atom. The van der Waals surface area contributed by atoms with E-state index in [0.29, 0.717) is 47.4 Å². The number of pyridine rings is 3. The maximum absolute atomic E-state index is 13.0. The standard InChI is InChI=1S/C24H27N5O5/c1-28(14-22(32-3)33-4)21-9-6-16(12-25-21)29-13-19-17(24(29)30)7-8-18(27-19)15-10-20(31-2)23(34-5)26-11-15/h6-12,22H,13-14H2,1-5H3. The number of fused-ring (bicyclic) bond motifs is 1. The molecule has 0 saturated heterocycles. The van der Waals surface area contributed by atoms with E-state index < -0.39 is 0 Å². The molecule has 178 valence electrons. The summed E-state index contributed by atoms with van der Waals surface area (Å²) in [6.07, 6.45) is 2.99. The van der Waals surface area contributed by atoms with Crippen molar-refractivity contribution in [3.05, 3.63) is 54.0 Å². The second-order valence-electron chi connectivity index (χ2n) is 7.67. The Bertz CT molecular complexity index is 1170. The molecule has 4 heterocycles. The van der Waals surface area contributed by atoms with E-state index in [9.17, 15) is 4.79 Å². The van der Waals surface area contributed by atoms with Crippen molar-refractivity contribution < 1.29 is 23.7 Å². The minimum absolute atomic E-state index is 0.110. The van der Waals surface area contributed by atoms with Gasteiger partial charge in [0, 0.05) is 33.0 Å². The molecule has 0 N–H and O–H groups in total. The average molecular weight is 466 g/mol. The molecule has 3 aromatic heterocycles. The number of carbonyl (C=O) groups is 1.